The molecule has 0 aromatic heterocycles. The van der Waals surface area contributed by atoms with Gasteiger partial charge in [0.05, 0.1) is 0 Å². The first kappa shape index (κ1) is 14.0. The molecule has 0 aliphatic carbocycles. The summed E-state index contributed by atoms with van der Waals surface area (Å²) in [6.45, 7) is 2.26. The molecule has 1 heterocycles. The third-order valence-electron chi connectivity index (χ3n) is 3.51. The zero-order valence-corrected chi connectivity index (χ0v) is 12.1. The van der Waals surface area contributed by atoms with Crippen LogP contribution in [0, 0.1) is 6.92 Å². The molecule has 1 aliphatic rings. The van der Waals surface area contributed by atoms with E-state index in [0.717, 1.165) is 10.0 Å². The first-order valence-electron chi connectivity index (χ1n) is 5.92. The highest BCUT2D eigenvalue weighted by Crippen LogP contribution is 2.25. The molecule has 5 nitrogen and oxygen atoms in total. The number of likely N-dealkylation sites (tertiary alicyclic amines) is 1. The van der Waals surface area contributed by atoms with Gasteiger partial charge in [0.15, 0.2) is 0 Å². The third kappa shape index (κ3) is 2.50. The number of hydrogen-bond donors (Lipinski definition) is 2. The van der Waals surface area contributed by atoms with Crippen molar-refractivity contribution in [1.82, 2.24) is 4.90 Å². The summed E-state index contributed by atoms with van der Waals surface area (Å²) in [5.74, 6) is -1.24. The summed E-state index contributed by atoms with van der Waals surface area (Å²) in [4.78, 5) is 25.0. The van der Waals surface area contributed by atoms with Crippen LogP contribution in [0.15, 0.2) is 22.7 Å². The standard InChI is InChI=1S/C13H15BrN2O3/c1-8-9(3-2-4-10(8)14)11(17)16-6-5-13(15,7-16)12(18)19/h2-4H,5-7,15H2,1H3,(H,18,19). The van der Waals surface area contributed by atoms with E-state index in [0.29, 0.717) is 12.1 Å². The molecular weight excluding hydrogens is 312 g/mol. The second kappa shape index (κ2) is 4.94. The fraction of sp³-hybridized carbons (Fsp3) is 0.385. The van der Waals surface area contributed by atoms with E-state index in [1.807, 2.05) is 13.0 Å². The topological polar surface area (TPSA) is 83.6 Å². The van der Waals surface area contributed by atoms with Crippen molar-refractivity contribution in [2.24, 2.45) is 5.73 Å². The zero-order valence-electron chi connectivity index (χ0n) is 10.5. The quantitative estimate of drug-likeness (QED) is 0.860. The minimum Gasteiger partial charge on any atom is -0.480 e. The highest BCUT2D eigenvalue weighted by molar-refractivity contribution is 9.10. The Morgan fingerprint density at radius 2 is 2.16 bits per heavy atom. The average molecular weight is 327 g/mol. The van der Waals surface area contributed by atoms with E-state index >= 15 is 0 Å². The summed E-state index contributed by atoms with van der Waals surface area (Å²) in [6.07, 6.45) is 0.279. The number of benzene rings is 1. The van der Waals surface area contributed by atoms with Gasteiger partial charge in [-0.05, 0) is 31.0 Å². The Kier molecular flexibility index (Phi) is 3.64. The van der Waals surface area contributed by atoms with Crippen LogP contribution >= 0.6 is 15.9 Å². The van der Waals surface area contributed by atoms with E-state index < -0.39 is 11.5 Å². The molecule has 6 heteroatoms. The number of hydrogen-bond acceptors (Lipinski definition) is 3. The summed E-state index contributed by atoms with van der Waals surface area (Å²) in [5, 5.41) is 9.07. The predicted molar refractivity (Wildman–Crippen MR) is 74.0 cm³/mol. The van der Waals surface area contributed by atoms with Crippen LogP contribution in [0.2, 0.25) is 0 Å². The van der Waals surface area contributed by atoms with Crippen molar-refractivity contribution < 1.29 is 14.7 Å². The van der Waals surface area contributed by atoms with Crippen LogP contribution in [0.1, 0.15) is 22.3 Å². The molecule has 1 amide bonds. The minimum absolute atomic E-state index is 0.0487. The van der Waals surface area contributed by atoms with E-state index in [9.17, 15) is 9.59 Å². The zero-order chi connectivity index (χ0) is 14.2. The Labute approximate surface area is 119 Å². The number of amides is 1. The van der Waals surface area contributed by atoms with Crippen molar-refractivity contribution in [2.45, 2.75) is 18.9 Å². The van der Waals surface area contributed by atoms with Crippen molar-refractivity contribution in [3.05, 3.63) is 33.8 Å². The Hall–Kier alpha value is -1.40. The SMILES string of the molecule is Cc1c(Br)cccc1C(=O)N1CCC(N)(C(=O)O)C1. The fourth-order valence-electron chi connectivity index (χ4n) is 2.19. The van der Waals surface area contributed by atoms with E-state index in [2.05, 4.69) is 15.9 Å². The van der Waals surface area contributed by atoms with Crippen LogP contribution in [0.4, 0.5) is 0 Å². The summed E-state index contributed by atoms with van der Waals surface area (Å²) in [6, 6.07) is 5.38. The summed E-state index contributed by atoms with van der Waals surface area (Å²) >= 11 is 3.38. The van der Waals surface area contributed by atoms with Gasteiger partial charge < -0.3 is 15.7 Å². The molecule has 3 N–H and O–H groups in total. The molecular formula is C13H15BrN2O3. The highest BCUT2D eigenvalue weighted by atomic mass is 79.9. The summed E-state index contributed by atoms with van der Waals surface area (Å²) in [7, 11) is 0. The van der Waals surface area contributed by atoms with Crippen LogP contribution in [0.25, 0.3) is 0 Å². The van der Waals surface area contributed by atoms with Crippen LogP contribution in [0.3, 0.4) is 0 Å². The maximum atomic E-state index is 12.4. The van der Waals surface area contributed by atoms with Gasteiger partial charge in [0.25, 0.3) is 5.91 Å². The maximum Gasteiger partial charge on any atom is 0.325 e. The lowest BCUT2D eigenvalue weighted by molar-refractivity contribution is -0.142. The molecule has 0 spiro atoms. The summed E-state index contributed by atoms with van der Waals surface area (Å²) in [5.41, 5.74) is 5.87. The van der Waals surface area contributed by atoms with E-state index in [1.165, 1.54) is 4.90 Å². The van der Waals surface area contributed by atoms with Crippen LogP contribution in [0.5, 0.6) is 0 Å². The van der Waals surface area contributed by atoms with Crippen molar-refractivity contribution in [3.8, 4) is 0 Å². The normalized spacial score (nSPS) is 22.6. The van der Waals surface area contributed by atoms with E-state index in [-0.39, 0.29) is 18.9 Å². The van der Waals surface area contributed by atoms with Gasteiger partial charge in [0.1, 0.15) is 5.54 Å². The number of carbonyl (C=O) groups is 2. The first-order chi connectivity index (χ1) is 8.85. The van der Waals surface area contributed by atoms with Gasteiger partial charge in [-0.3, -0.25) is 9.59 Å². The van der Waals surface area contributed by atoms with Crippen molar-refractivity contribution >= 4 is 27.8 Å². The van der Waals surface area contributed by atoms with Gasteiger partial charge in [-0.15, -0.1) is 0 Å². The average Bonchev–Trinajstić information content (AvgIpc) is 2.76. The molecule has 1 fully saturated rings. The second-order valence-corrected chi connectivity index (χ2v) is 5.70. The second-order valence-electron chi connectivity index (χ2n) is 4.85. The van der Waals surface area contributed by atoms with Gasteiger partial charge in [-0.1, -0.05) is 22.0 Å². The lowest BCUT2D eigenvalue weighted by Gasteiger charge is -2.21. The minimum atomic E-state index is -1.32. The monoisotopic (exact) mass is 326 g/mol. The molecule has 1 saturated heterocycles. The number of carboxylic acids is 1. The highest BCUT2D eigenvalue weighted by Gasteiger charge is 2.43. The number of carboxylic acid groups (broad SMARTS) is 1. The lowest BCUT2D eigenvalue weighted by Crippen LogP contribution is -2.50. The molecule has 1 atom stereocenters. The maximum absolute atomic E-state index is 12.4. The van der Waals surface area contributed by atoms with E-state index in [1.54, 1.807) is 12.1 Å². The number of aliphatic carboxylic acids is 1. The molecule has 102 valence electrons. The molecule has 0 bridgehead atoms. The molecule has 0 saturated carbocycles. The summed E-state index contributed by atoms with van der Waals surface area (Å²) < 4.78 is 0.856. The van der Waals surface area contributed by atoms with Crippen molar-refractivity contribution in [1.29, 1.82) is 0 Å². The molecule has 1 unspecified atom stereocenters. The van der Waals surface area contributed by atoms with Crippen LogP contribution in [-0.4, -0.2) is 40.5 Å². The molecule has 1 aromatic carbocycles. The van der Waals surface area contributed by atoms with Crippen LogP contribution < -0.4 is 5.73 Å². The Morgan fingerprint density at radius 3 is 2.74 bits per heavy atom. The Bertz CT molecular complexity index is 547. The van der Waals surface area contributed by atoms with Gasteiger partial charge >= 0.3 is 5.97 Å². The molecule has 1 aromatic rings. The Morgan fingerprint density at radius 1 is 1.47 bits per heavy atom. The number of halogens is 1. The van der Waals surface area contributed by atoms with E-state index in [4.69, 9.17) is 10.8 Å². The smallest absolute Gasteiger partial charge is 0.325 e. The molecule has 2 rings (SSSR count). The molecule has 19 heavy (non-hydrogen) atoms. The number of nitrogens with zero attached hydrogens (tertiary/aromatic N) is 1. The lowest BCUT2D eigenvalue weighted by atomic mass is 10.0. The van der Waals surface area contributed by atoms with Gasteiger partial charge in [-0.25, -0.2) is 0 Å². The third-order valence-corrected chi connectivity index (χ3v) is 4.37. The first-order valence-corrected chi connectivity index (χ1v) is 6.71. The molecule has 0 radical (unpaired) electrons. The number of nitrogens with two attached hydrogens (primary N) is 1. The molecule has 1 aliphatic heterocycles. The predicted octanol–water partition coefficient (Wildman–Crippen LogP) is 1.39. The number of rotatable bonds is 2. The van der Waals surface area contributed by atoms with Crippen molar-refractivity contribution in [2.75, 3.05) is 13.1 Å². The van der Waals surface area contributed by atoms with Gasteiger partial charge in [0.2, 0.25) is 0 Å². The van der Waals surface area contributed by atoms with Gasteiger partial charge in [-0.2, -0.15) is 0 Å². The Balaban J connectivity index is 2.23. The van der Waals surface area contributed by atoms with Crippen molar-refractivity contribution in [3.63, 3.8) is 0 Å². The van der Waals surface area contributed by atoms with Gasteiger partial charge in [0, 0.05) is 23.1 Å². The number of carbonyl (C=O) groups excluding carboxylic acids is 1. The fourth-order valence-corrected chi connectivity index (χ4v) is 2.56. The largest absolute Gasteiger partial charge is 0.480 e. The van der Waals surface area contributed by atoms with Crippen LogP contribution in [-0.2, 0) is 4.79 Å².